The average molecular weight is 182 g/mol. The van der Waals surface area contributed by atoms with Gasteiger partial charge >= 0.3 is 0 Å². The first-order chi connectivity index (χ1) is 6.35. The highest BCUT2D eigenvalue weighted by Gasteiger charge is 2.37. The van der Waals surface area contributed by atoms with E-state index in [0.717, 1.165) is 12.6 Å². The van der Waals surface area contributed by atoms with Gasteiger partial charge in [0.05, 0.1) is 0 Å². The Balaban J connectivity index is 1.81. The standard InChI is InChI=1S/C11H22N2/c12-9-11(7-4-8-11)13-10-5-2-1-3-6-10/h10,13H,1-9,12H2. The van der Waals surface area contributed by atoms with Crippen LogP contribution in [0, 0.1) is 0 Å². The van der Waals surface area contributed by atoms with Gasteiger partial charge < -0.3 is 11.1 Å². The molecule has 0 atom stereocenters. The molecule has 2 nitrogen and oxygen atoms in total. The Morgan fingerprint density at radius 2 is 1.77 bits per heavy atom. The highest BCUT2D eigenvalue weighted by Crippen LogP contribution is 2.32. The summed E-state index contributed by atoms with van der Waals surface area (Å²) in [6, 6.07) is 0.776. The molecule has 3 N–H and O–H groups in total. The predicted octanol–water partition coefficient (Wildman–Crippen LogP) is 1.79. The molecule has 2 fully saturated rings. The summed E-state index contributed by atoms with van der Waals surface area (Å²) < 4.78 is 0. The summed E-state index contributed by atoms with van der Waals surface area (Å²) in [4.78, 5) is 0. The van der Waals surface area contributed by atoms with E-state index in [4.69, 9.17) is 5.73 Å². The van der Waals surface area contributed by atoms with E-state index in [1.165, 1.54) is 51.4 Å². The Morgan fingerprint density at radius 1 is 1.08 bits per heavy atom. The van der Waals surface area contributed by atoms with Crippen LogP contribution < -0.4 is 11.1 Å². The van der Waals surface area contributed by atoms with E-state index in [-0.39, 0.29) is 0 Å². The topological polar surface area (TPSA) is 38.0 Å². The Kier molecular flexibility index (Phi) is 2.89. The molecular formula is C11H22N2. The van der Waals surface area contributed by atoms with Crippen LogP contribution in [-0.4, -0.2) is 18.1 Å². The minimum Gasteiger partial charge on any atom is -0.329 e. The predicted molar refractivity (Wildman–Crippen MR) is 55.6 cm³/mol. The van der Waals surface area contributed by atoms with Crippen LogP contribution in [0.5, 0.6) is 0 Å². The zero-order valence-corrected chi connectivity index (χ0v) is 8.52. The van der Waals surface area contributed by atoms with Crippen molar-refractivity contribution in [1.29, 1.82) is 0 Å². The number of nitrogens with one attached hydrogen (secondary N) is 1. The molecule has 0 aromatic rings. The molecule has 0 aromatic heterocycles. The number of nitrogens with two attached hydrogens (primary N) is 1. The summed E-state index contributed by atoms with van der Waals surface area (Å²) in [6.07, 6.45) is 11.0. The number of hydrogen-bond donors (Lipinski definition) is 2. The minimum atomic E-state index is 0.349. The van der Waals surface area contributed by atoms with Crippen LogP contribution in [0.1, 0.15) is 51.4 Å². The first kappa shape index (κ1) is 9.47. The molecule has 0 aliphatic heterocycles. The third-order valence-corrected chi connectivity index (χ3v) is 3.82. The lowest BCUT2D eigenvalue weighted by molar-refractivity contribution is 0.156. The molecule has 0 amide bonds. The van der Waals surface area contributed by atoms with E-state index in [9.17, 15) is 0 Å². The van der Waals surface area contributed by atoms with Crippen LogP contribution in [-0.2, 0) is 0 Å². The molecule has 76 valence electrons. The molecule has 13 heavy (non-hydrogen) atoms. The lowest BCUT2D eigenvalue weighted by Crippen LogP contribution is -2.59. The molecule has 0 spiro atoms. The molecule has 0 radical (unpaired) electrons. The van der Waals surface area contributed by atoms with Crippen LogP contribution >= 0.6 is 0 Å². The second-order valence-electron chi connectivity index (χ2n) is 4.82. The molecule has 2 rings (SSSR count). The third kappa shape index (κ3) is 2.05. The smallest absolute Gasteiger partial charge is 0.0306 e. The van der Waals surface area contributed by atoms with Gasteiger partial charge in [0.1, 0.15) is 0 Å². The molecule has 2 saturated carbocycles. The van der Waals surface area contributed by atoms with Gasteiger partial charge in [0.2, 0.25) is 0 Å². The fourth-order valence-electron chi connectivity index (χ4n) is 2.69. The van der Waals surface area contributed by atoms with Crippen molar-refractivity contribution in [2.24, 2.45) is 5.73 Å². The average Bonchev–Trinajstić information content (AvgIpc) is 2.13. The van der Waals surface area contributed by atoms with E-state index >= 15 is 0 Å². The highest BCUT2D eigenvalue weighted by molar-refractivity contribution is 4.98. The van der Waals surface area contributed by atoms with Gasteiger partial charge in [-0.15, -0.1) is 0 Å². The number of hydrogen-bond acceptors (Lipinski definition) is 2. The van der Waals surface area contributed by atoms with Crippen LogP contribution in [0.3, 0.4) is 0 Å². The van der Waals surface area contributed by atoms with Gasteiger partial charge in [-0.1, -0.05) is 19.3 Å². The second kappa shape index (κ2) is 3.97. The maximum atomic E-state index is 5.82. The summed E-state index contributed by atoms with van der Waals surface area (Å²) in [7, 11) is 0. The van der Waals surface area contributed by atoms with E-state index in [1.54, 1.807) is 0 Å². The molecule has 2 aliphatic carbocycles. The lowest BCUT2D eigenvalue weighted by atomic mass is 9.75. The maximum absolute atomic E-state index is 5.82. The Hall–Kier alpha value is -0.0800. The highest BCUT2D eigenvalue weighted by atomic mass is 15.0. The summed E-state index contributed by atoms with van der Waals surface area (Å²) in [5, 5.41) is 3.79. The fraction of sp³-hybridized carbons (Fsp3) is 1.00. The molecular weight excluding hydrogens is 160 g/mol. The molecule has 0 bridgehead atoms. The van der Waals surface area contributed by atoms with Gasteiger partial charge in [-0.05, 0) is 32.1 Å². The van der Waals surface area contributed by atoms with Crippen LogP contribution in [0.15, 0.2) is 0 Å². The van der Waals surface area contributed by atoms with Crippen molar-refractivity contribution < 1.29 is 0 Å². The van der Waals surface area contributed by atoms with Crippen molar-refractivity contribution in [3.8, 4) is 0 Å². The molecule has 0 unspecified atom stereocenters. The second-order valence-corrected chi connectivity index (χ2v) is 4.82. The van der Waals surface area contributed by atoms with Crippen molar-refractivity contribution in [1.82, 2.24) is 5.32 Å². The van der Waals surface area contributed by atoms with Gasteiger partial charge in [0.15, 0.2) is 0 Å². The minimum absolute atomic E-state index is 0.349. The summed E-state index contributed by atoms with van der Waals surface area (Å²) in [5.41, 5.74) is 6.17. The van der Waals surface area contributed by atoms with Gasteiger partial charge in [-0.3, -0.25) is 0 Å². The quantitative estimate of drug-likeness (QED) is 0.698. The summed E-state index contributed by atoms with van der Waals surface area (Å²) >= 11 is 0. The first-order valence-electron chi connectivity index (χ1n) is 5.82. The first-order valence-corrected chi connectivity index (χ1v) is 5.82. The van der Waals surface area contributed by atoms with Crippen molar-refractivity contribution in [3.63, 3.8) is 0 Å². The lowest BCUT2D eigenvalue weighted by Gasteiger charge is -2.45. The molecule has 0 saturated heterocycles. The van der Waals surface area contributed by atoms with E-state index < -0.39 is 0 Å². The molecule has 2 aliphatic rings. The summed E-state index contributed by atoms with van der Waals surface area (Å²) in [6.45, 7) is 0.837. The van der Waals surface area contributed by atoms with Gasteiger partial charge in [0.25, 0.3) is 0 Å². The Morgan fingerprint density at radius 3 is 2.23 bits per heavy atom. The van der Waals surface area contributed by atoms with Crippen molar-refractivity contribution >= 4 is 0 Å². The van der Waals surface area contributed by atoms with Gasteiger partial charge in [-0.2, -0.15) is 0 Å². The SMILES string of the molecule is NCC1(NC2CCCCC2)CCC1. The van der Waals surface area contributed by atoms with E-state index in [1.807, 2.05) is 0 Å². The van der Waals surface area contributed by atoms with E-state index in [0.29, 0.717) is 5.54 Å². The zero-order valence-electron chi connectivity index (χ0n) is 8.52. The fourth-order valence-corrected chi connectivity index (χ4v) is 2.69. The number of rotatable bonds is 3. The monoisotopic (exact) mass is 182 g/mol. The van der Waals surface area contributed by atoms with Gasteiger partial charge in [0, 0.05) is 18.1 Å². The van der Waals surface area contributed by atoms with Crippen molar-refractivity contribution in [3.05, 3.63) is 0 Å². The van der Waals surface area contributed by atoms with Crippen molar-refractivity contribution in [2.75, 3.05) is 6.54 Å². The Labute approximate surface area is 81.3 Å². The van der Waals surface area contributed by atoms with Crippen LogP contribution in [0.4, 0.5) is 0 Å². The van der Waals surface area contributed by atoms with Gasteiger partial charge in [-0.25, -0.2) is 0 Å². The molecule has 0 aromatic carbocycles. The molecule has 2 heteroatoms. The largest absolute Gasteiger partial charge is 0.329 e. The van der Waals surface area contributed by atoms with E-state index in [2.05, 4.69) is 5.32 Å². The summed E-state index contributed by atoms with van der Waals surface area (Å²) in [5.74, 6) is 0. The third-order valence-electron chi connectivity index (χ3n) is 3.82. The zero-order chi connectivity index (χ0) is 9.15. The normalized spacial score (nSPS) is 28.4. The molecule has 0 heterocycles. The van der Waals surface area contributed by atoms with Crippen LogP contribution in [0.2, 0.25) is 0 Å². The van der Waals surface area contributed by atoms with Crippen LogP contribution in [0.25, 0.3) is 0 Å². The Bertz CT molecular complexity index is 152. The maximum Gasteiger partial charge on any atom is 0.0306 e. The van der Waals surface area contributed by atoms with Crippen molar-refractivity contribution in [2.45, 2.75) is 62.9 Å².